The topological polar surface area (TPSA) is 215 Å². The number of nitrogens with zero attached hydrogens (tertiary/aromatic N) is 6. The number of anilines is 3. The third kappa shape index (κ3) is 10.4. The van der Waals surface area contributed by atoms with Crippen LogP contribution in [0.2, 0.25) is 0 Å². The molecule has 3 fully saturated rings. The SMILES string of the molecule is CCN(C)S(=O)(=O)Nc1ccc(F)c(C(=O)c2c[nH]c3ncc(-c4cnc(N5CCC(NCC(=O)N6CCC(c7ccc(NC8CCC(=O)NC8=O)cc7)CC6)CC5)nc4)cc23)c1F.Cl. The number of pyridine rings is 1. The number of piperidine rings is 3. The average Bonchev–Trinajstić information content (AvgIpc) is 3.74. The lowest BCUT2D eigenvalue weighted by atomic mass is 9.89. The largest absolute Gasteiger partial charge is 0.374 e. The zero-order chi connectivity index (χ0) is 45.1. The number of hydrogen-bond acceptors (Lipinski definition) is 12. The number of imide groups is 1. The molecule has 0 aliphatic carbocycles. The first-order chi connectivity index (χ1) is 30.8. The maximum absolute atomic E-state index is 15.6. The number of benzene rings is 2. The summed E-state index contributed by atoms with van der Waals surface area (Å²) in [4.78, 5) is 70.8. The Hall–Kier alpha value is -6.09. The monoisotopic (exact) mass is 933 g/mol. The van der Waals surface area contributed by atoms with E-state index in [2.05, 4.69) is 57.6 Å². The molecule has 5 N–H and O–H groups in total. The molecule has 17 nitrogen and oxygen atoms in total. The molecule has 3 amide bonds. The van der Waals surface area contributed by atoms with Crippen molar-refractivity contribution in [2.75, 3.05) is 61.3 Å². The molecule has 3 saturated heterocycles. The second-order valence-corrected chi connectivity index (χ2v) is 18.1. The fourth-order valence-corrected chi connectivity index (χ4v) is 9.25. The highest BCUT2D eigenvalue weighted by molar-refractivity contribution is 7.90. The van der Waals surface area contributed by atoms with Gasteiger partial charge >= 0.3 is 10.2 Å². The Kier molecular flexibility index (Phi) is 14.4. The quantitative estimate of drug-likeness (QED) is 0.0755. The number of likely N-dealkylation sites (tertiary alicyclic amines) is 1. The maximum atomic E-state index is 15.6. The molecule has 3 aliphatic rings. The van der Waals surface area contributed by atoms with Gasteiger partial charge in [0, 0.05) is 105 Å². The van der Waals surface area contributed by atoms with Gasteiger partial charge in [-0.25, -0.2) is 23.7 Å². The lowest BCUT2D eigenvalue weighted by molar-refractivity contribution is -0.134. The number of aromatic nitrogens is 4. The molecule has 3 aromatic heterocycles. The van der Waals surface area contributed by atoms with E-state index in [-0.39, 0.29) is 54.8 Å². The van der Waals surface area contributed by atoms with Gasteiger partial charge in [0.15, 0.2) is 5.82 Å². The first kappa shape index (κ1) is 46.9. The van der Waals surface area contributed by atoms with Crippen LogP contribution in [0.1, 0.15) is 72.9 Å². The van der Waals surface area contributed by atoms with Gasteiger partial charge in [-0.1, -0.05) is 19.1 Å². The van der Waals surface area contributed by atoms with Crippen molar-refractivity contribution in [3.8, 4) is 11.1 Å². The van der Waals surface area contributed by atoms with Gasteiger partial charge in [-0.05, 0) is 73.9 Å². The van der Waals surface area contributed by atoms with Crippen LogP contribution in [-0.4, -0.2) is 119 Å². The Morgan fingerprint density at radius 1 is 0.908 bits per heavy atom. The average molecular weight is 934 g/mol. The van der Waals surface area contributed by atoms with Gasteiger partial charge in [-0.3, -0.25) is 29.2 Å². The van der Waals surface area contributed by atoms with Crippen molar-refractivity contribution in [2.24, 2.45) is 0 Å². The standard InChI is InChI=1S/C44H49F2N11O6S.ClH/c1-3-55(2)64(62,63)54-35-9-8-34(45)39(40(35)46)41(60)33-24-49-42-32(33)20-28(21-48-42)29-22-50-44(51-23-29)57-18-14-30(15-19-57)47-25-38(59)56-16-12-27(13-17-56)26-4-6-31(7-5-26)52-36-10-11-37(58)53-43(36)61;/h4-9,20-24,27,30,36,47,52,54H,3,10-19,25H2,1-2H3,(H,48,49)(H,53,58,61);1H. The van der Waals surface area contributed by atoms with Crippen LogP contribution in [-0.2, 0) is 24.6 Å². The summed E-state index contributed by atoms with van der Waals surface area (Å²) in [7, 11) is -2.85. The molecule has 21 heteroatoms. The van der Waals surface area contributed by atoms with Crippen LogP contribution in [0.3, 0.4) is 0 Å². The summed E-state index contributed by atoms with van der Waals surface area (Å²) >= 11 is 0. The van der Waals surface area contributed by atoms with Gasteiger partial charge in [0.1, 0.15) is 17.5 Å². The third-order valence-corrected chi connectivity index (χ3v) is 13.8. The predicted octanol–water partition coefficient (Wildman–Crippen LogP) is 4.74. The number of rotatable bonds is 14. The number of hydrogen-bond donors (Lipinski definition) is 5. The van der Waals surface area contributed by atoms with E-state index in [0.29, 0.717) is 73.0 Å². The second-order valence-electron chi connectivity index (χ2n) is 16.3. The number of carbonyl (C=O) groups excluding carboxylic acids is 4. The summed E-state index contributed by atoms with van der Waals surface area (Å²) in [5.41, 5.74) is 1.95. The molecule has 1 unspecified atom stereocenters. The molecule has 0 spiro atoms. The first-order valence-electron chi connectivity index (χ1n) is 21.3. The minimum absolute atomic E-state index is 0. The fourth-order valence-electron chi connectivity index (χ4n) is 8.32. The number of carbonyl (C=O) groups is 4. The lowest BCUT2D eigenvalue weighted by Gasteiger charge is -2.34. The molecule has 6 heterocycles. The van der Waals surface area contributed by atoms with Crippen molar-refractivity contribution < 1.29 is 36.4 Å². The minimum Gasteiger partial charge on any atom is -0.374 e. The van der Waals surface area contributed by atoms with Crippen LogP contribution in [0.4, 0.5) is 26.1 Å². The second kappa shape index (κ2) is 20.0. The van der Waals surface area contributed by atoms with Gasteiger partial charge in [-0.2, -0.15) is 12.7 Å². The summed E-state index contributed by atoms with van der Waals surface area (Å²) in [6.45, 7) is 4.70. The number of ketones is 1. The summed E-state index contributed by atoms with van der Waals surface area (Å²) in [6, 6.07) is 11.2. The van der Waals surface area contributed by atoms with Crippen molar-refractivity contribution >= 4 is 74.5 Å². The molecule has 0 radical (unpaired) electrons. The van der Waals surface area contributed by atoms with Crippen LogP contribution in [0, 0.1) is 11.6 Å². The number of halogens is 3. The summed E-state index contributed by atoms with van der Waals surface area (Å²) in [5.74, 6) is -3.07. The fraction of sp³-hybridized carbons (Fsp3) is 0.386. The van der Waals surface area contributed by atoms with Gasteiger partial charge in [0.2, 0.25) is 29.5 Å². The molecular weight excluding hydrogens is 884 g/mol. The van der Waals surface area contributed by atoms with Crippen molar-refractivity contribution in [2.45, 2.75) is 63.5 Å². The highest BCUT2D eigenvalue weighted by atomic mass is 35.5. The Bertz CT molecular complexity index is 2670. The molecular formula is C44H50ClF2N11O6S. The molecule has 3 aliphatic heterocycles. The number of aromatic amines is 1. The van der Waals surface area contributed by atoms with Gasteiger partial charge in [-0.15, -0.1) is 12.4 Å². The van der Waals surface area contributed by atoms with E-state index < -0.39 is 44.9 Å². The Morgan fingerprint density at radius 3 is 2.28 bits per heavy atom. The van der Waals surface area contributed by atoms with Crippen LogP contribution < -0.4 is 25.6 Å². The minimum atomic E-state index is -4.15. The molecule has 344 valence electrons. The molecule has 65 heavy (non-hydrogen) atoms. The van der Waals surface area contributed by atoms with Gasteiger partial charge in [0.25, 0.3) is 0 Å². The van der Waals surface area contributed by atoms with Crippen molar-refractivity contribution in [1.82, 2.24) is 39.8 Å². The zero-order valence-corrected chi connectivity index (χ0v) is 37.4. The highest BCUT2D eigenvalue weighted by Crippen LogP contribution is 2.32. The number of nitrogens with one attached hydrogen (secondary N) is 5. The van der Waals surface area contributed by atoms with E-state index in [1.807, 2.05) is 17.0 Å². The maximum Gasteiger partial charge on any atom is 0.301 e. The van der Waals surface area contributed by atoms with E-state index in [1.165, 1.54) is 18.8 Å². The Morgan fingerprint density at radius 2 is 1.60 bits per heavy atom. The smallest absolute Gasteiger partial charge is 0.301 e. The van der Waals surface area contributed by atoms with E-state index in [0.717, 1.165) is 47.8 Å². The Balaban J connectivity index is 0.00000630. The van der Waals surface area contributed by atoms with E-state index in [1.54, 1.807) is 31.6 Å². The summed E-state index contributed by atoms with van der Waals surface area (Å²) < 4.78 is 58.7. The van der Waals surface area contributed by atoms with Crippen molar-refractivity contribution in [1.29, 1.82) is 0 Å². The lowest BCUT2D eigenvalue weighted by Crippen LogP contribution is -2.48. The molecule has 0 bridgehead atoms. The van der Waals surface area contributed by atoms with Crippen LogP contribution >= 0.6 is 12.4 Å². The van der Waals surface area contributed by atoms with E-state index in [4.69, 9.17) is 0 Å². The number of amides is 3. The molecule has 1 atom stereocenters. The molecule has 0 saturated carbocycles. The van der Waals surface area contributed by atoms with E-state index >= 15 is 8.78 Å². The predicted molar refractivity (Wildman–Crippen MR) is 243 cm³/mol. The van der Waals surface area contributed by atoms with Crippen LogP contribution in [0.25, 0.3) is 22.2 Å². The van der Waals surface area contributed by atoms with Crippen LogP contribution in [0.5, 0.6) is 0 Å². The molecule has 5 aromatic rings. The molecule has 8 rings (SSSR count). The van der Waals surface area contributed by atoms with E-state index in [9.17, 15) is 27.6 Å². The molecule has 2 aromatic carbocycles. The Labute approximate surface area is 380 Å². The van der Waals surface area contributed by atoms with Gasteiger partial charge < -0.3 is 25.4 Å². The highest BCUT2D eigenvalue weighted by Gasteiger charge is 2.30. The first-order valence-corrected chi connectivity index (χ1v) is 22.7. The summed E-state index contributed by atoms with van der Waals surface area (Å²) in [6.07, 6.45) is 10.3. The summed E-state index contributed by atoms with van der Waals surface area (Å²) in [5, 5.41) is 9.33. The van der Waals surface area contributed by atoms with Crippen LogP contribution in [0.15, 0.2) is 67.3 Å². The van der Waals surface area contributed by atoms with Gasteiger partial charge in [0.05, 0.1) is 17.8 Å². The normalized spacial score (nSPS) is 17.5. The number of fused-ring (bicyclic) bond motifs is 1. The van der Waals surface area contributed by atoms with Crippen molar-refractivity contribution in [3.05, 3.63) is 95.6 Å². The van der Waals surface area contributed by atoms with Crippen molar-refractivity contribution in [3.63, 3.8) is 0 Å². The zero-order valence-electron chi connectivity index (χ0n) is 35.8. The number of H-pyrrole nitrogens is 1. The third-order valence-electron chi connectivity index (χ3n) is 12.3.